The first kappa shape index (κ1) is 20.7. The Morgan fingerprint density at radius 3 is 2.75 bits per heavy atom. The largest absolute Gasteiger partial charge is 0.507 e. The number of aromatic nitrogens is 5. The van der Waals surface area contributed by atoms with Gasteiger partial charge in [0.15, 0.2) is 5.82 Å². The Morgan fingerprint density at radius 1 is 1.25 bits per heavy atom. The van der Waals surface area contributed by atoms with Crippen LogP contribution in [0.2, 0.25) is 0 Å². The van der Waals surface area contributed by atoms with E-state index in [1.54, 1.807) is 41.5 Å². The van der Waals surface area contributed by atoms with Crippen LogP contribution >= 0.6 is 0 Å². The Labute approximate surface area is 182 Å². The third kappa shape index (κ3) is 3.37. The number of halogens is 2. The number of ether oxygens (including phenoxy) is 2. The molecule has 4 atom stereocenters. The average molecular weight is 444 g/mol. The van der Waals surface area contributed by atoms with Crippen molar-refractivity contribution in [2.45, 2.75) is 49.5 Å². The number of piperidine rings is 1. The smallest absolute Gasteiger partial charge is 0.267 e. The van der Waals surface area contributed by atoms with Gasteiger partial charge in [-0.1, -0.05) is 0 Å². The summed E-state index contributed by atoms with van der Waals surface area (Å²) in [4.78, 5) is 8.22. The molecule has 2 aromatic heterocycles. The lowest BCUT2D eigenvalue weighted by atomic mass is 9.87. The van der Waals surface area contributed by atoms with E-state index in [2.05, 4.69) is 25.5 Å². The number of rotatable bonds is 5. The number of methoxy groups -OCH3 is 1. The predicted octanol–water partition coefficient (Wildman–Crippen LogP) is 2.35. The first-order valence-electron chi connectivity index (χ1n) is 10.2. The number of benzene rings is 1. The number of imidazole rings is 1. The summed E-state index contributed by atoms with van der Waals surface area (Å²) in [7, 11) is 1.48. The lowest BCUT2D eigenvalue weighted by Gasteiger charge is -2.41. The highest BCUT2D eigenvalue weighted by atomic mass is 19.3. The van der Waals surface area contributed by atoms with Gasteiger partial charge in [0.2, 0.25) is 0 Å². The van der Waals surface area contributed by atoms with E-state index in [4.69, 9.17) is 9.47 Å². The summed E-state index contributed by atoms with van der Waals surface area (Å²) in [5.41, 5.74) is -0.246. The number of nitrogens with zero attached hydrogens (tertiary/aromatic N) is 5. The Hall–Kier alpha value is -3.18. The van der Waals surface area contributed by atoms with Gasteiger partial charge in [-0.05, 0) is 19.1 Å². The predicted molar refractivity (Wildman–Crippen MR) is 109 cm³/mol. The number of phenols is 1. The fraction of sp³-hybridized carbons (Fsp3) is 0.429. The third-order valence-corrected chi connectivity index (χ3v) is 6.27. The quantitative estimate of drug-likeness (QED) is 0.618. The van der Waals surface area contributed by atoms with E-state index in [1.807, 2.05) is 0 Å². The van der Waals surface area contributed by atoms with Crippen molar-refractivity contribution in [3.05, 3.63) is 43.1 Å². The first-order valence-corrected chi connectivity index (χ1v) is 10.2. The van der Waals surface area contributed by atoms with E-state index in [9.17, 15) is 13.9 Å². The highest BCUT2D eigenvalue weighted by Gasteiger charge is 2.64. The minimum atomic E-state index is -2.86. The highest BCUT2D eigenvalue weighted by Crippen LogP contribution is 2.47. The van der Waals surface area contributed by atoms with E-state index < -0.39 is 29.7 Å². The van der Waals surface area contributed by atoms with Crippen molar-refractivity contribution >= 4 is 0 Å². The fourth-order valence-corrected chi connectivity index (χ4v) is 4.55. The molecule has 2 saturated heterocycles. The summed E-state index contributed by atoms with van der Waals surface area (Å²) in [6.45, 7) is 1.50. The summed E-state index contributed by atoms with van der Waals surface area (Å²) in [6, 6.07) is 4.51. The zero-order valence-electron chi connectivity index (χ0n) is 17.4. The van der Waals surface area contributed by atoms with Crippen LogP contribution < -0.4 is 10.1 Å². The van der Waals surface area contributed by atoms with Crippen LogP contribution in [0.25, 0.3) is 17.1 Å². The van der Waals surface area contributed by atoms with Crippen molar-refractivity contribution in [2.75, 3.05) is 7.11 Å². The molecule has 0 radical (unpaired) electrons. The maximum Gasteiger partial charge on any atom is 0.267 e. The van der Waals surface area contributed by atoms with Crippen molar-refractivity contribution < 1.29 is 23.4 Å². The molecule has 3 aromatic rings. The van der Waals surface area contributed by atoms with Crippen LogP contribution in [-0.4, -0.2) is 66.7 Å². The maximum absolute atomic E-state index is 14.5. The molecule has 1 unspecified atom stereocenters. The molecule has 0 amide bonds. The normalized spacial score (nSPS) is 28.6. The van der Waals surface area contributed by atoms with Gasteiger partial charge >= 0.3 is 0 Å². The zero-order chi connectivity index (χ0) is 22.5. The summed E-state index contributed by atoms with van der Waals surface area (Å²) >= 11 is 0. The molecule has 2 aliphatic rings. The summed E-state index contributed by atoms with van der Waals surface area (Å²) in [5.74, 6) is -2.57. The summed E-state index contributed by atoms with van der Waals surface area (Å²) in [5, 5.41) is 21.5. The zero-order valence-corrected chi connectivity index (χ0v) is 17.4. The Kier molecular flexibility index (Phi) is 4.82. The maximum atomic E-state index is 14.5. The average Bonchev–Trinajstić information content (AvgIpc) is 3.34. The molecule has 9 nitrogen and oxygen atoms in total. The molecule has 0 saturated carbocycles. The molecule has 1 aromatic carbocycles. The minimum absolute atomic E-state index is 0.0174. The molecule has 5 rings (SSSR count). The van der Waals surface area contributed by atoms with Crippen LogP contribution in [0, 0.1) is 0 Å². The van der Waals surface area contributed by atoms with Crippen LogP contribution in [0.5, 0.6) is 11.6 Å². The van der Waals surface area contributed by atoms with E-state index in [-0.39, 0.29) is 30.3 Å². The molecule has 32 heavy (non-hydrogen) atoms. The van der Waals surface area contributed by atoms with Gasteiger partial charge in [0.05, 0.1) is 29.3 Å². The van der Waals surface area contributed by atoms with Gasteiger partial charge in [-0.25, -0.2) is 18.7 Å². The van der Waals surface area contributed by atoms with E-state index in [0.717, 1.165) is 5.69 Å². The minimum Gasteiger partial charge on any atom is -0.507 e. The van der Waals surface area contributed by atoms with Crippen LogP contribution in [0.4, 0.5) is 8.78 Å². The first-order chi connectivity index (χ1) is 15.3. The Bertz CT molecular complexity index is 1110. The SMILES string of the molecule is CO[C@H]1C2CC(F)(F)[C@@](C)(C[C@@H]1Oc1cnc(-c3ccc(-n4ccnc4)cc3O)nn1)N2. The highest BCUT2D eigenvalue weighted by molar-refractivity contribution is 5.65. The van der Waals surface area contributed by atoms with Gasteiger partial charge in [-0.3, -0.25) is 0 Å². The molecule has 11 heteroatoms. The number of fused-ring (bicyclic) bond motifs is 2. The van der Waals surface area contributed by atoms with E-state index in [1.165, 1.54) is 20.2 Å². The number of alkyl halides is 2. The molecule has 2 aliphatic heterocycles. The molecular formula is C21H22F2N6O3. The van der Waals surface area contributed by atoms with Gasteiger partial charge < -0.3 is 24.5 Å². The Morgan fingerprint density at radius 2 is 2.09 bits per heavy atom. The number of hydrogen-bond donors (Lipinski definition) is 2. The van der Waals surface area contributed by atoms with Gasteiger partial charge in [0.25, 0.3) is 11.8 Å². The van der Waals surface area contributed by atoms with Crippen LogP contribution in [0.1, 0.15) is 19.8 Å². The van der Waals surface area contributed by atoms with Gasteiger partial charge in [-0.15, -0.1) is 10.2 Å². The Balaban J connectivity index is 1.34. The van der Waals surface area contributed by atoms with E-state index in [0.29, 0.717) is 5.56 Å². The van der Waals surface area contributed by atoms with Crippen LogP contribution in [0.15, 0.2) is 43.1 Å². The standard InChI is InChI=1S/C21H22F2N6O3/c1-20-9-16(18(31-2)14(26-20)8-21(20,22)23)32-17-10-25-19(28-27-17)13-4-3-12(7-15(13)30)29-6-5-24-11-29/h3-7,10-11,14,16,18,26,30H,8-9H2,1-2H3/t14?,16-,18-,20+/m0/s1. The molecule has 2 N–H and O–H groups in total. The molecule has 4 heterocycles. The van der Waals surface area contributed by atoms with Crippen molar-refractivity contribution in [3.8, 4) is 28.7 Å². The fourth-order valence-electron chi connectivity index (χ4n) is 4.55. The molecular weight excluding hydrogens is 422 g/mol. The second-order valence-corrected chi connectivity index (χ2v) is 8.34. The lowest BCUT2D eigenvalue weighted by Crippen LogP contribution is -2.62. The topological polar surface area (TPSA) is 107 Å². The molecule has 2 fully saturated rings. The van der Waals surface area contributed by atoms with Crippen molar-refractivity contribution in [1.29, 1.82) is 0 Å². The molecule has 2 bridgehead atoms. The summed E-state index contributed by atoms with van der Waals surface area (Å²) < 4.78 is 42.0. The van der Waals surface area contributed by atoms with Crippen molar-refractivity contribution in [3.63, 3.8) is 0 Å². The van der Waals surface area contributed by atoms with Gasteiger partial charge in [0, 0.05) is 44.5 Å². The van der Waals surface area contributed by atoms with Gasteiger partial charge in [0.1, 0.15) is 18.0 Å². The number of hydrogen-bond acceptors (Lipinski definition) is 8. The summed E-state index contributed by atoms with van der Waals surface area (Å²) in [6.07, 6.45) is 4.94. The van der Waals surface area contributed by atoms with Crippen LogP contribution in [-0.2, 0) is 4.74 Å². The van der Waals surface area contributed by atoms with Crippen molar-refractivity contribution in [2.24, 2.45) is 0 Å². The molecule has 168 valence electrons. The third-order valence-electron chi connectivity index (χ3n) is 6.27. The monoisotopic (exact) mass is 444 g/mol. The van der Waals surface area contributed by atoms with E-state index >= 15 is 0 Å². The number of nitrogens with one attached hydrogen (secondary N) is 1. The number of aromatic hydroxyl groups is 1. The van der Waals surface area contributed by atoms with Crippen LogP contribution in [0.3, 0.4) is 0 Å². The van der Waals surface area contributed by atoms with Gasteiger partial charge in [-0.2, -0.15) is 0 Å². The second-order valence-electron chi connectivity index (χ2n) is 8.34. The lowest BCUT2D eigenvalue weighted by molar-refractivity contribution is -0.0853. The molecule has 0 spiro atoms. The molecule has 0 aliphatic carbocycles. The van der Waals surface area contributed by atoms with Crippen molar-refractivity contribution in [1.82, 2.24) is 30.0 Å². The number of phenolic OH excluding ortho intramolecular Hbond substituents is 1. The second kappa shape index (κ2) is 7.45.